The molecule has 4 rings (SSSR count). The first kappa shape index (κ1) is 18.6. The number of carbonyl (C=O) groups is 1. The zero-order valence-corrected chi connectivity index (χ0v) is 16.4. The fraction of sp³-hybridized carbons (Fsp3) is 0.120. The number of amides is 1. The van der Waals surface area contributed by atoms with E-state index >= 15 is 0 Å². The molecule has 0 radical (unpaired) electrons. The molecule has 4 aromatic rings. The highest BCUT2D eigenvalue weighted by Crippen LogP contribution is 2.34. The van der Waals surface area contributed by atoms with Gasteiger partial charge in [-0.3, -0.25) is 4.79 Å². The molecule has 4 nitrogen and oxygen atoms in total. The molecular weight excluding hydrogens is 362 g/mol. The minimum atomic E-state index is -0.582. The molecule has 29 heavy (non-hydrogen) atoms. The fourth-order valence-electron chi connectivity index (χ4n) is 3.77. The molecule has 0 aromatic heterocycles. The summed E-state index contributed by atoms with van der Waals surface area (Å²) in [7, 11) is 1.70. The molecule has 0 atom stereocenters. The Morgan fingerprint density at radius 2 is 1.55 bits per heavy atom. The highest BCUT2D eigenvalue weighted by atomic mass is 16.5. The van der Waals surface area contributed by atoms with Crippen molar-refractivity contribution in [2.45, 2.75) is 13.8 Å². The van der Waals surface area contributed by atoms with E-state index in [1.807, 2.05) is 18.2 Å². The maximum atomic E-state index is 11.8. The fourth-order valence-corrected chi connectivity index (χ4v) is 3.77. The Morgan fingerprint density at radius 3 is 2.31 bits per heavy atom. The van der Waals surface area contributed by atoms with Gasteiger partial charge in [-0.15, -0.1) is 4.99 Å². The summed E-state index contributed by atoms with van der Waals surface area (Å²) in [6, 6.07) is 19.9. The highest BCUT2D eigenvalue weighted by Gasteiger charge is 2.10. The Hall–Kier alpha value is -3.75. The molecule has 0 spiro atoms. The van der Waals surface area contributed by atoms with Crippen LogP contribution in [0.2, 0.25) is 0 Å². The molecule has 0 aliphatic carbocycles. The highest BCUT2D eigenvalue weighted by molar-refractivity contribution is 6.01. The van der Waals surface area contributed by atoms with Crippen molar-refractivity contribution < 1.29 is 14.3 Å². The number of hydrogen-bond donors (Lipinski definition) is 0. The predicted octanol–water partition coefficient (Wildman–Crippen LogP) is 5.76. The van der Waals surface area contributed by atoms with Crippen molar-refractivity contribution in [2.24, 2.45) is 4.99 Å². The van der Waals surface area contributed by atoms with Crippen molar-refractivity contribution in [3.8, 4) is 16.9 Å². The Labute approximate surface area is 168 Å². The van der Waals surface area contributed by atoms with Crippen LogP contribution in [0.1, 0.15) is 21.5 Å². The minimum Gasteiger partial charge on any atom is -0.496 e. The number of benzene rings is 4. The third-order valence-electron chi connectivity index (χ3n) is 5.35. The van der Waals surface area contributed by atoms with Crippen LogP contribution < -0.4 is 4.74 Å². The molecule has 0 unspecified atom stereocenters. The first-order valence-corrected chi connectivity index (χ1v) is 9.26. The Balaban J connectivity index is 1.80. The third-order valence-corrected chi connectivity index (χ3v) is 5.35. The van der Waals surface area contributed by atoms with Crippen molar-refractivity contribution in [1.82, 2.24) is 0 Å². The second kappa shape index (κ2) is 7.34. The molecule has 4 heteroatoms. The van der Waals surface area contributed by atoms with Crippen LogP contribution in [0.4, 0.5) is 0 Å². The van der Waals surface area contributed by atoms with Gasteiger partial charge in [0.15, 0.2) is 0 Å². The largest absolute Gasteiger partial charge is 0.496 e. The van der Waals surface area contributed by atoms with Crippen molar-refractivity contribution >= 4 is 33.5 Å². The van der Waals surface area contributed by atoms with Crippen LogP contribution in [0.25, 0.3) is 32.7 Å². The van der Waals surface area contributed by atoms with Gasteiger partial charge in [0.1, 0.15) is 5.75 Å². The summed E-state index contributed by atoms with van der Waals surface area (Å²) < 4.78 is 5.49. The van der Waals surface area contributed by atoms with Gasteiger partial charge in [-0.25, -0.2) is 4.79 Å². The van der Waals surface area contributed by atoms with Crippen molar-refractivity contribution in [1.29, 1.82) is 0 Å². The van der Waals surface area contributed by atoms with E-state index in [1.165, 1.54) is 22.4 Å². The predicted molar refractivity (Wildman–Crippen MR) is 115 cm³/mol. The summed E-state index contributed by atoms with van der Waals surface area (Å²) in [6.07, 6.45) is 1.29. The number of aryl methyl sites for hydroxylation is 2. The van der Waals surface area contributed by atoms with Gasteiger partial charge in [0, 0.05) is 5.56 Å². The first-order chi connectivity index (χ1) is 14.0. The molecule has 0 bridgehead atoms. The maximum absolute atomic E-state index is 11.8. The van der Waals surface area contributed by atoms with Crippen LogP contribution in [-0.4, -0.2) is 19.1 Å². The van der Waals surface area contributed by atoms with Crippen LogP contribution in [0, 0.1) is 13.8 Å². The molecule has 1 amide bonds. The van der Waals surface area contributed by atoms with Crippen LogP contribution in [-0.2, 0) is 4.79 Å². The summed E-state index contributed by atoms with van der Waals surface area (Å²) in [4.78, 5) is 25.2. The smallest absolute Gasteiger partial charge is 0.287 e. The van der Waals surface area contributed by atoms with Gasteiger partial charge in [0.2, 0.25) is 6.08 Å². The van der Waals surface area contributed by atoms with Crippen molar-refractivity contribution in [3.05, 3.63) is 77.4 Å². The van der Waals surface area contributed by atoms with E-state index in [0.29, 0.717) is 5.56 Å². The maximum Gasteiger partial charge on any atom is 0.287 e. The molecule has 0 aliphatic rings. The van der Waals surface area contributed by atoms with E-state index < -0.39 is 5.91 Å². The van der Waals surface area contributed by atoms with Gasteiger partial charge in [0.05, 0.1) is 7.11 Å². The summed E-state index contributed by atoms with van der Waals surface area (Å²) in [5.74, 6) is 0.319. The lowest BCUT2D eigenvalue weighted by atomic mass is 9.94. The van der Waals surface area contributed by atoms with Gasteiger partial charge in [-0.05, 0) is 88.0 Å². The van der Waals surface area contributed by atoms with Gasteiger partial charge in [-0.1, -0.05) is 30.3 Å². The minimum absolute atomic E-state index is 0.374. The lowest BCUT2D eigenvalue weighted by Gasteiger charge is -2.13. The number of fused-ring (bicyclic) bond motifs is 2. The number of aliphatic imine (C=N–C) groups is 1. The Kier molecular flexibility index (Phi) is 4.71. The van der Waals surface area contributed by atoms with Crippen molar-refractivity contribution in [2.75, 3.05) is 7.11 Å². The number of isocyanates is 1. The zero-order chi connectivity index (χ0) is 20.5. The Bertz CT molecular complexity index is 1330. The SMILES string of the molecule is COc1cc(C)c2cc(-c3ccc4cc(C(=O)N=C=O)ccc4c3)ccc2c1C. The number of rotatable bonds is 3. The van der Waals surface area contributed by atoms with E-state index in [2.05, 4.69) is 49.2 Å². The van der Waals surface area contributed by atoms with Gasteiger partial charge < -0.3 is 4.74 Å². The number of methoxy groups -OCH3 is 1. The zero-order valence-electron chi connectivity index (χ0n) is 16.4. The van der Waals surface area contributed by atoms with Crippen LogP contribution in [0.15, 0.2) is 65.7 Å². The summed E-state index contributed by atoms with van der Waals surface area (Å²) in [5.41, 5.74) is 4.90. The molecule has 142 valence electrons. The molecule has 0 saturated carbocycles. The van der Waals surface area contributed by atoms with Crippen LogP contribution in [0.5, 0.6) is 5.75 Å². The number of nitrogens with zero attached hydrogens (tertiary/aromatic N) is 1. The van der Waals surface area contributed by atoms with E-state index in [-0.39, 0.29) is 0 Å². The van der Waals surface area contributed by atoms with Gasteiger partial charge in [-0.2, -0.15) is 0 Å². The normalized spacial score (nSPS) is 10.7. The quantitative estimate of drug-likeness (QED) is 0.335. The van der Waals surface area contributed by atoms with Gasteiger partial charge >= 0.3 is 0 Å². The molecule has 4 aromatic carbocycles. The summed E-state index contributed by atoms with van der Waals surface area (Å²) in [6.45, 7) is 4.17. The number of ether oxygens (including phenoxy) is 1. The average molecular weight is 381 g/mol. The number of hydrogen-bond acceptors (Lipinski definition) is 3. The molecule has 0 saturated heterocycles. The average Bonchev–Trinajstić information content (AvgIpc) is 2.75. The van der Waals surface area contributed by atoms with Crippen LogP contribution >= 0.6 is 0 Å². The first-order valence-electron chi connectivity index (χ1n) is 9.26. The van der Waals surface area contributed by atoms with Gasteiger partial charge in [0.25, 0.3) is 5.91 Å². The topological polar surface area (TPSA) is 55.7 Å². The van der Waals surface area contributed by atoms with E-state index in [4.69, 9.17) is 4.74 Å². The number of carbonyl (C=O) groups excluding carboxylic acids is 2. The van der Waals surface area contributed by atoms with E-state index in [0.717, 1.165) is 33.2 Å². The summed E-state index contributed by atoms with van der Waals surface area (Å²) in [5, 5.41) is 4.31. The lowest BCUT2D eigenvalue weighted by Crippen LogP contribution is -1.94. The standard InChI is InChI=1S/C25H19NO3/c1-15-10-24(29-3)16(2)22-9-8-20(13-23(15)22)18-4-5-19-12-21(25(28)26-14-27)7-6-17(19)11-18/h4-13H,1-3H3. The van der Waals surface area contributed by atoms with E-state index in [9.17, 15) is 9.59 Å². The summed E-state index contributed by atoms with van der Waals surface area (Å²) >= 11 is 0. The van der Waals surface area contributed by atoms with Crippen molar-refractivity contribution in [3.63, 3.8) is 0 Å². The molecule has 0 fully saturated rings. The molecule has 0 aliphatic heterocycles. The monoisotopic (exact) mass is 381 g/mol. The van der Waals surface area contributed by atoms with Crippen LogP contribution in [0.3, 0.4) is 0 Å². The molecular formula is C25H19NO3. The van der Waals surface area contributed by atoms with E-state index in [1.54, 1.807) is 19.2 Å². The molecule has 0 heterocycles. The lowest BCUT2D eigenvalue weighted by molar-refractivity contribution is 0.100. The second-order valence-corrected chi connectivity index (χ2v) is 7.07. The second-order valence-electron chi connectivity index (χ2n) is 7.07. The molecule has 0 N–H and O–H groups in total. The Morgan fingerprint density at radius 1 is 0.862 bits per heavy atom. The third kappa shape index (κ3) is 3.31.